The molecule has 0 unspecified atom stereocenters. The van der Waals surface area contributed by atoms with Crippen molar-refractivity contribution in [2.24, 2.45) is 5.92 Å². The summed E-state index contributed by atoms with van der Waals surface area (Å²) in [5, 5.41) is 10.6. The summed E-state index contributed by atoms with van der Waals surface area (Å²) in [6, 6.07) is 4.13. The summed E-state index contributed by atoms with van der Waals surface area (Å²) >= 11 is 0. The Kier molecular flexibility index (Phi) is 3.56. The molecule has 0 radical (unpaired) electrons. The monoisotopic (exact) mass is 258 g/mol. The molecule has 0 amide bonds. The molecule has 19 heavy (non-hydrogen) atoms. The number of aryl methyl sites for hydroxylation is 1. The second-order valence-corrected chi connectivity index (χ2v) is 5.85. The Morgan fingerprint density at radius 2 is 2.11 bits per heavy atom. The van der Waals surface area contributed by atoms with Gasteiger partial charge < -0.3 is 9.51 Å². The summed E-state index contributed by atoms with van der Waals surface area (Å²) in [6.45, 7) is 2.07. The minimum absolute atomic E-state index is 0.374. The Morgan fingerprint density at radius 3 is 2.89 bits per heavy atom. The quantitative estimate of drug-likeness (QED) is 0.912. The predicted molar refractivity (Wildman–Crippen MR) is 76.1 cm³/mol. The van der Waals surface area contributed by atoms with Crippen LogP contribution in [0.15, 0.2) is 24.7 Å². The fourth-order valence-electron chi connectivity index (χ4n) is 3.39. The molecule has 0 bridgehead atoms. The highest BCUT2D eigenvalue weighted by Gasteiger charge is 2.21. The van der Waals surface area contributed by atoms with Gasteiger partial charge in [0.05, 0.1) is 29.8 Å². The standard InChI is InChI=1S/C16H22N2O/c1-12-7-8-14-10-17-11-18(14)16(12)15(19)9-13-5-3-2-4-6-13/h7-8,10-11,13,15,19H,2-6,9H2,1H3/t15-/m0/s1. The number of nitrogens with zero attached hydrogens (tertiary/aromatic N) is 2. The van der Waals surface area contributed by atoms with Crippen LogP contribution in [0.5, 0.6) is 0 Å². The molecule has 1 saturated carbocycles. The molecule has 1 atom stereocenters. The lowest BCUT2D eigenvalue weighted by molar-refractivity contribution is 0.125. The van der Waals surface area contributed by atoms with Crippen LogP contribution in [-0.2, 0) is 0 Å². The molecule has 1 aliphatic carbocycles. The molecule has 2 aromatic rings. The summed E-state index contributed by atoms with van der Waals surface area (Å²) < 4.78 is 2.03. The molecule has 3 heteroatoms. The zero-order valence-corrected chi connectivity index (χ0v) is 11.5. The van der Waals surface area contributed by atoms with Gasteiger partial charge in [-0.15, -0.1) is 0 Å². The average Bonchev–Trinajstić information content (AvgIpc) is 2.87. The van der Waals surface area contributed by atoms with E-state index in [-0.39, 0.29) is 6.10 Å². The van der Waals surface area contributed by atoms with Gasteiger partial charge in [-0.2, -0.15) is 0 Å². The van der Waals surface area contributed by atoms with Crippen LogP contribution in [0, 0.1) is 12.8 Å². The first-order chi connectivity index (χ1) is 9.25. The molecule has 2 heterocycles. The number of fused-ring (bicyclic) bond motifs is 1. The van der Waals surface area contributed by atoms with Gasteiger partial charge in [0.1, 0.15) is 0 Å². The van der Waals surface area contributed by atoms with E-state index in [0.29, 0.717) is 5.92 Å². The van der Waals surface area contributed by atoms with Crippen molar-refractivity contribution in [1.29, 1.82) is 0 Å². The van der Waals surface area contributed by atoms with Crippen molar-refractivity contribution < 1.29 is 5.11 Å². The van der Waals surface area contributed by atoms with E-state index in [1.165, 1.54) is 32.1 Å². The van der Waals surface area contributed by atoms with Crippen molar-refractivity contribution in [1.82, 2.24) is 9.38 Å². The van der Waals surface area contributed by atoms with Gasteiger partial charge in [-0.25, -0.2) is 4.98 Å². The van der Waals surface area contributed by atoms with Crippen LogP contribution in [0.3, 0.4) is 0 Å². The number of imidazole rings is 1. The zero-order chi connectivity index (χ0) is 13.2. The third-order valence-electron chi connectivity index (χ3n) is 4.43. The summed E-state index contributed by atoms with van der Waals surface area (Å²) in [5.74, 6) is 0.682. The molecule has 1 fully saturated rings. The second-order valence-electron chi connectivity index (χ2n) is 5.85. The van der Waals surface area contributed by atoms with Gasteiger partial charge in [0.25, 0.3) is 0 Å². The fourth-order valence-corrected chi connectivity index (χ4v) is 3.39. The number of rotatable bonds is 3. The van der Waals surface area contributed by atoms with E-state index in [0.717, 1.165) is 23.2 Å². The Labute approximate surface area is 114 Å². The van der Waals surface area contributed by atoms with Gasteiger partial charge in [0.2, 0.25) is 0 Å². The van der Waals surface area contributed by atoms with Crippen molar-refractivity contribution >= 4 is 5.52 Å². The first-order valence-corrected chi connectivity index (χ1v) is 7.35. The van der Waals surface area contributed by atoms with Crippen LogP contribution in [0.1, 0.15) is 55.9 Å². The Balaban J connectivity index is 1.85. The van der Waals surface area contributed by atoms with E-state index in [4.69, 9.17) is 0 Å². The molecule has 3 rings (SSSR count). The number of hydrogen-bond donors (Lipinski definition) is 1. The molecule has 1 aliphatic rings. The normalized spacial score (nSPS) is 18.8. The molecule has 2 aromatic heterocycles. The average molecular weight is 258 g/mol. The topological polar surface area (TPSA) is 37.5 Å². The highest BCUT2D eigenvalue weighted by Crippen LogP contribution is 2.33. The van der Waals surface area contributed by atoms with Crippen molar-refractivity contribution in [2.75, 3.05) is 0 Å². The molecule has 1 N–H and O–H groups in total. The van der Waals surface area contributed by atoms with Gasteiger partial charge in [0.15, 0.2) is 0 Å². The molecular weight excluding hydrogens is 236 g/mol. The number of aliphatic hydroxyl groups is 1. The smallest absolute Gasteiger partial charge is 0.0995 e. The van der Waals surface area contributed by atoms with E-state index in [1.54, 1.807) is 0 Å². The fraction of sp³-hybridized carbons (Fsp3) is 0.562. The predicted octanol–water partition coefficient (Wildman–Crippen LogP) is 3.65. The van der Waals surface area contributed by atoms with Gasteiger partial charge in [-0.05, 0) is 30.9 Å². The van der Waals surface area contributed by atoms with E-state index < -0.39 is 0 Å². The first kappa shape index (κ1) is 12.7. The van der Waals surface area contributed by atoms with Crippen LogP contribution in [0.4, 0.5) is 0 Å². The maximum atomic E-state index is 10.6. The third-order valence-corrected chi connectivity index (χ3v) is 4.43. The second kappa shape index (κ2) is 5.33. The van der Waals surface area contributed by atoms with Crippen molar-refractivity contribution in [3.05, 3.63) is 35.9 Å². The van der Waals surface area contributed by atoms with Crippen LogP contribution >= 0.6 is 0 Å². The van der Waals surface area contributed by atoms with Crippen LogP contribution < -0.4 is 0 Å². The SMILES string of the molecule is Cc1ccc2cncn2c1[C@@H](O)CC1CCCCC1. The maximum absolute atomic E-state index is 10.6. The lowest BCUT2D eigenvalue weighted by Gasteiger charge is -2.25. The van der Waals surface area contributed by atoms with E-state index in [1.807, 2.05) is 16.9 Å². The lowest BCUT2D eigenvalue weighted by Crippen LogP contribution is -2.14. The molecule has 0 aliphatic heterocycles. The molecular formula is C16H22N2O. The zero-order valence-electron chi connectivity index (χ0n) is 11.5. The van der Waals surface area contributed by atoms with E-state index >= 15 is 0 Å². The summed E-state index contributed by atoms with van der Waals surface area (Å²) in [7, 11) is 0. The Hall–Kier alpha value is -1.35. The summed E-state index contributed by atoms with van der Waals surface area (Å²) in [4.78, 5) is 4.18. The van der Waals surface area contributed by atoms with Crippen molar-refractivity contribution in [3.63, 3.8) is 0 Å². The number of aliphatic hydroxyl groups excluding tert-OH is 1. The van der Waals surface area contributed by atoms with Gasteiger partial charge >= 0.3 is 0 Å². The third kappa shape index (κ3) is 2.52. The van der Waals surface area contributed by atoms with E-state index in [2.05, 4.69) is 24.0 Å². The highest BCUT2D eigenvalue weighted by molar-refractivity contribution is 5.48. The lowest BCUT2D eigenvalue weighted by atomic mass is 9.84. The van der Waals surface area contributed by atoms with Crippen LogP contribution in [-0.4, -0.2) is 14.5 Å². The molecule has 3 nitrogen and oxygen atoms in total. The molecule has 0 spiro atoms. The van der Waals surface area contributed by atoms with Crippen LogP contribution in [0.25, 0.3) is 5.52 Å². The largest absolute Gasteiger partial charge is 0.387 e. The van der Waals surface area contributed by atoms with Crippen molar-refractivity contribution in [2.45, 2.75) is 51.6 Å². The first-order valence-electron chi connectivity index (χ1n) is 7.35. The van der Waals surface area contributed by atoms with Crippen molar-refractivity contribution in [3.8, 4) is 0 Å². The Morgan fingerprint density at radius 1 is 1.32 bits per heavy atom. The number of hydrogen-bond acceptors (Lipinski definition) is 2. The Bertz CT molecular complexity index is 555. The maximum Gasteiger partial charge on any atom is 0.0995 e. The summed E-state index contributed by atoms with van der Waals surface area (Å²) in [6.07, 6.45) is 10.7. The molecule has 0 saturated heterocycles. The van der Waals surface area contributed by atoms with Gasteiger partial charge in [-0.3, -0.25) is 0 Å². The van der Waals surface area contributed by atoms with Gasteiger partial charge in [-0.1, -0.05) is 38.2 Å². The van der Waals surface area contributed by atoms with Gasteiger partial charge in [0, 0.05) is 0 Å². The minimum Gasteiger partial charge on any atom is -0.387 e. The number of pyridine rings is 1. The minimum atomic E-state index is -0.374. The molecule has 0 aromatic carbocycles. The number of aromatic nitrogens is 2. The summed E-state index contributed by atoms with van der Waals surface area (Å²) in [5.41, 5.74) is 3.22. The molecule has 102 valence electrons. The van der Waals surface area contributed by atoms with E-state index in [9.17, 15) is 5.11 Å². The van der Waals surface area contributed by atoms with Crippen LogP contribution in [0.2, 0.25) is 0 Å². The highest BCUT2D eigenvalue weighted by atomic mass is 16.3.